The first kappa shape index (κ1) is 9.29. The van der Waals surface area contributed by atoms with Crippen LogP contribution >= 0.6 is 11.6 Å². The van der Waals surface area contributed by atoms with E-state index in [-0.39, 0.29) is 0 Å². The second kappa shape index (κ2) is 4.95. The van der Waals surface area contributed by atoms with E-state index in [1.54, 1.807) is 4.68 Å². The highest BCUT2D eigenvalue weighted by Gasteiger charge is 1.93. The molecule has 0 saturated heterocycles. The van der Waals surface area contributed by atoms with Crippen LogP contribution in [0.2, 0.25) is 0 Å². The molecule has 12 heavy (non-hydrogen) atoms. The second-order valence-corrected chi connectivity index (χ2v) is 2.73. The van der Waals surface area contributed by atoms with Gasteiger partial charge in [0.2, 0.25) is 0 Å². The molecule has 1 aromatic heterocycles. The maximum absolute atomic E-state index is 5.35. The summed E-state index contributed by atoms with van der Waals surface area (Å²) in [5.74, 6) is 0. The van der Waals surface area contributed by atoms with Gasteiger partial charge in [-0.15, -0.1) is 0 Å². The predicted octanol–water partition coefficient (Wildman–Crippen LogP) is 1.26. The third kappa shape index (κ3) is 3.07. The molecule has 0 atom stereocenters. The van der Waals surface area contributed by atoms with Crippen LogP contribution in [0.3, 0.4) is 0 Å². The van der Waals surface area contributed by atoms with Crippen LogP contribution in [0.1, 0.15) is 5.69 Å². The Morgan fingerprint density at radius 2 is 2.58 bits per heavy atom. The Morgan fingerprint density at radius 1 is 1.75 bits per heavy atom. The Hall–Kier alpha value is -0.800. The number of aromatic nitrogens is 2. The molecule has 0 aliphatic heterocycles. The van der Waals surface area contributed by atoms with E-state index >= 15 is 0 Å². The maximum atomic E-state index is 5.35. The van der Waals surface area contributed by atoms with E-state index in [2.05, 4.69) is 10.4 Å². The van der Waals surface area contributed by atoms with Gasteiger partial charge < -0.3 is 5.32 Å². The molecule has 0 aliphatic carbocycles. The normalized spacial score (nSPS) is 11.2. The van der Waals surface area contributed by atoms with Crippen LogP contribution < -0.4 is 5.32 Å². The number of rotatable bonds is 4. The molecule has 0 fully saturated rings. The summed E-state index contributed by atoms with van der Waals surface area (Å²) in [6.07, 6.45) is 3.78. The summed E-state index contributed by atoms with van der Waals surface area (Å²) in [5.41, 5.74) is 2.55. The summed E-state index contributed by atoms with van der Waals surface area (Å²) in [5, 5.41) is 7.37. The topological polar surface area (TPSA) is 29.9 Å². The van der Waals surface area contributed by atoms with E-state index in [0.29, 0.717) is 0 Å². The molecular formula is C8H12ClN3. The summed E-state index contributed by atoms with van der Waals surface area (Å²) in [7, 11) is 1.90. The minimum atomic E-state index is 0.778. The molecule has 3 nitrogen and oxygen atoms in total. The van der Waals surface area contributed by atoms with Gasteiger partial charge in [0.15, 0.2) is 0 Å². The summed E-state index contributed by atoms with van der Waals surface area (Å²) >= 11 is 5.35. The maximum Gasteiger partial charge on any atom is 0.0762 e. The minimum Gasteiger partial charge on any atom is -0.308 e. The summed E-state index contributed by atoms with van der Waals surface area (Å²) < 4.78 is 1.79. The van der Waals surface area contributed by atoms with Crippen molar-refractivity contribution >= 4 is 11.6 Å². The number of aryl methyl sites for hydroxylation is 1. The highest BCUT2D eigenvalue weighted by Crippen LogP contribution is 1.92. The van der Waals surface area contributed by atoms with Gasteiger partial charge in [-0.3, -0.25) is 4.68 Å². The highest BCUT2D eigenvalue weighted by molar-refractivity contribution is 6.25. The van der Waals surface area contributed by atoms with Crippen LogP contribution in [0.15, 0.2) is 23.9 Å². The fraction of sp³-hybridized carbons (Fsp3) is 0.375. The molecular weight excluding hydrogens is 174 g/mol. The molecule has 0 aliphatic rings. The van der Waals surface area contributed by atoms with Gasteiger partial charge in [-0.2, -0.15) is 5.10 Å². The number of nitrogens with zero attached hydrogens (tertiary/aromatic N) is 2. The van der Waals surface area contributed by atoms with Crippen molar-refractivity contribution in [3.05, 3.63) is 29.6 Å². The monoisotopic (exact) mass is 185 g/mol. The average Bonchev–Trinajstić information content (AvgIpc) is 2.45. The standard InChI is InChI=1S/C8H12ClN3/c1-12-6-3-8(11-12)7-10-5-2-4-9/h2-4,6,10H,5,7H2,1H3/b4-2+. The Labute approximate surface area is 77.0 Å². The van der Waals surface area contributed by atoms with Gasteiger partial charge in [-0.25, -0.2) is 0 Å². The zero-order valence-electron chi connectivity index (χ0n) is 7.00. The molecule has 1 aromatic rings. The van der Waals surface area contributed by atoms with E-state index in [4.69, 9.17) is 11.6 Å². The van der Waals surface area contributed by atoms with E-state index in [1.165, 1.54) is 5.54 Å². The molecule has 4 heteroatoms. The molecule has 0 bridgehead atoms. The van der Waals surface area contributed by atoms with Crippen LogP contribution in [0.5, 0.6) is 0 Å². The summed E-state index contributed by atoms with van der Waals surface area (Å²) in [6.45, 7) is 1.56. The minimum absolute atomic E-state index is 0.778. The highest BCUT2D eigenvalue weighted by atomic mass is 35.5. The Balaban J connectivity index is 2.24. The third-order valence-corrected chi connectivity index (χ3v) is 1.60. The molecule has 0 unspecified atom stereocenters. The molecule has 66 valence electrons. The van der Waals surface area contributed by atoms with E-state index in [9.17, 15) is 0 Å². The third-order valence-electron chi connectivity index (χ3n) is 1.43. The van der Waals surface area contributed by atoms with Crippen molar-refractivity contribution in [2.45, 2.75) is 6.54 Å². The lowest BCUT2D eigenvalue weighted by Gasteiger charge is -1.96. The second-order valence-electron chi connectivity index (χ2n) is 2.47. The van der Waals surface area contributed by atoms with Crippen molar-refractivity contribution < 1.29 is 0 Å². The van der Waals surface area contributed by atoms with Crippen LogP contribution in [0.25, 0.3) is 0 Å². The quantitative estimate of drug-likeness (QED) is 0.716. The van der Waals surface area contributed by atoms with Gasteiger partial charge in [-0.1, -0.05) is 17.7 Å². The summed E-state index contributed by atoms with van der Waals surface area (Å²) in [4.78, 5) is 0. The lowest BCUT2D eigenvalue weighted by Crippen LogP contribution is -2.13. The number of hydrogen-bond donors (Lipinski definition) is 1. The van der Waals surface area contributed by atoms with Crippen molar-refractivity contribution in [2.24, 2.45) is 7.05 Å². The number of nitrogens with one attached hydrogen (secondary N) is 1. The smallest absolute Gasteiger partial charge is 0.0762 e. The van der Waals surface area contributed by atoms with Crippen molar-refractivity contribution in [2.75, 3.05) is 6.54 Å². The first-order valence-corrected chi connectivity index (χ1v) is 4.21. The average molecular weight is 186 g/mol. The number of halogens is 1. The first-order chi connectivity index (χ1) is 5.83. The van der Waals surface area contributed by atoms with Crippen molar-refractivity contribution in [1.82, 2.24) is 15.1 Å². The lowest BCUT2D eigenvalue weighted by molar-refractivity contribution is 0.693. The molecule has 1 heterocycles. The molecule has 0 radical (unpaired) electrons. The first-order valence-electron chi connectivity index (χ1n) is 3.77. The Bertz CT molecular complexity index is 255. The molecule has 0 amide bonds. The van der Waals surface area contributed by atoms with Crippen LogP contribution in [0.4, 0.5) is 0 Å². The zero-order valence-corrected chi connectivity index (χ0v) is 7.75. The predicted molar refractivity (Wildman–Crippen MR) is 49.9 cm³/mol. The van der Waals surface area contributed by atoms with Crippen LogP contribution in [-0.4, -0.2) is 16.3 Å². The van der Waals surface area contributed by atoms with Crippen molar-refractivity contribution in [1.29, 1.82) is 0 Å². The summed E-state index contributed by atoms with van der Waals surface area (Å²) in [6, 6.07) is 1.98. The van der Waals surface area contributed by atoms with E-state index < -0.39 is 0 Å². The SMILES string of the molecule is Cn1ccc(CNC/C=C/Cl)n1. The molecule has 0 spiro atoms. The van der Waals surface area contributed by atoms with E-state index in [0.717, 1.165) is 18.8 Å². The Kier molecular flexibility index (Phi) is 3.84. The molecule has 0 saturated carbocycles. The van der Waals surface area contributed by atoms with Crippen LogP contribution in [0, 0.1) is 0 Å². The lowest BCUT2D eigenvalue weighted by atomic mass is 10.4. The van der Waals surface area contributed by atoms with Crippen molar-refractivity contribution in [3.63, 3.8) is 0 Å². The fourth-order valence-corrected chi connectivity index (χ4v) is 0.975. The van der Waals surface area contributed by atoms with Gasteiger partial charge in [0.1, 0.15) is 0 Å². The van der Waals surface area contributed by atoms with Gasteiger partial charge in [-0.05, 0) is 6.07 Å². The van der Waals surface area contributed by atoms with Gasteiger partial charge in [0.25, 0.3) is 0 Å². The molecule has 1 rings (SSSR count). The van der Waals surface area contributed by atoms with Gasteiger partial charge in [0, 0.05) is 31.9 Å². The van der Waals surface area contributed by atoms with Gasteiger partial charge in [0.05, 0.1) is 5.69 Å². The van der Waals surface area contributed by atoms with Crippen LogP contribution in [-0.2, 0) is 13.6 Å². The zero-order chi connectivity index (χ0) is 8.81. The van der Waals surface area contributed by atoms with Gasteiger partial charge >= 0.3 is 0 Å². The molecule has 0 aromatic carbocycles. The largest absolute Gasteiger partial charge is 0.308 e. The van der Waals surface area contributed by atoms with Crippen molar-refractivity contribution in [3.8, 4) is 0 Å². The Morgan fingerprint density at radius 3 is 3.17 bits per heavy atom. The number of hydrogen-bond acceptors (Lipinski definition) is 2. The fourth-order valence-electron chi connectivity index (χ4n) is 0.886. The molecule has 1 N–H and O–H groups in total. The van der Waals surface area contributed by atoms with E-state index in [1.807, 2.05) is 25.4 Å².